The van der Waals surface area contributed by atoms with Crippen LogP contribution in [0, 0.1) is 11.3 Å². The number of nitriles is 1. The van der Waals surface area contributed by atoms with Gasteiger partial charge >= 0.3 is 0 Å². The topological polar surface area (TPSA) is 112 Å². The molecule has 7 nitrogen and oxygen atoms in total. The molecule has 1 aliphatic heterocycles. The van der Waals surface area contributed by atoms with Gasteiger partial charge in [-0.2, -0.15) is 5.26 Å². The van der Waals surface area contributed by atoms with Gasteiger partial charge in [-0.3, -0.25) is 14.7 Å². The van der Waals surface area contributed by atoms with Crippen LogP contribution in [0.1, 0.15) is 30.7 Å². The number of allylic oxidation sites excluding steroid dienone is 3. The van der Waals surface area contributed by atoms with Crippen LogP contribution in [-0.2, 0) is 4.79 Å². The maximum absolute atomic E-state index is 13.0. The number of ketones is 1. The second kappa shape index (κ2) is 7.32. The molecular weight excluding hydrogens is 368 g/mol. The molecule has 4 rings (SSSR count). The van der Waals surface area contributed by atoms with Gasteiger partial charge in [0.1, 0.15) is 5.82 Å². The van der Waals surface area contributed by atoms with Crippen molar-refractivity contribution in [2.75, 3.05) is 12.0 Å². The lowest BCUT2D eigenvalue weighted by molar-refractivity contribution is -0.116. The number of hydrogen-bond acceptors (Lipinski definition) is 7. The van der Waals surface area contributed by atoms with E-state index in [0.717, 1.165) is 12.1 Å². The lowest BCUT2D eigenvalue weighted by Gasteiger charge is -2.39. The lowest BCUT2D eigenvalue weighted by Crippen LogP contribution is -2.38. The van der Waals surface area contributed by atoms with E-state index in [-0.39, 0.29) is 28.7 Å². The third-order valence-electron chi connectivity index (χ3n) is 5.35. The first kappa shape index (κ1) is 18.6. The van der Waals surface area contributed by atoms with Crippen LogP contribution in [0.5, 0.6) is 11.5 Å². The van der Waals surface area contributed by atoms with E-state index in [0.29, 0.717) is 29.7 Å². The summed E-state index contributed by atoms with van der Waals surface area (Å²) in [5.74, 6) is -0.0595. The predicted octanol–water partition coefficient (Wildman–Crippen LogP) is 3.10. The standard InChI is InChI=1S/C22H20N4O3/c1-29-19-10-13(7-8-17(19)27)20-15(11-23)22(24)26(14-4-3-9-25-12-14)16-5-2-6-18(28)21(16)20/h3-4,7-10,12,20,27H,2,5-6,24H2,1H3/t20-/m1/s1. The predicted molar refractivity (Wildman–Crippen MR) is 107 cm³/mol. The van der Waals surface area contributed by atoms with Gasteiger partial charge in [0.25, 0.3) is 0 Å². The maximum atomic E-state index is 13.0. The summed E-state index contributed by atoms with van der Waals surface area (Å²) in [6, 6.07) is 10.7. The molecule has 1 aliphatic carbocycles. The van der Waals surface area contributed by atoms with Gasteiger partial charge in [-0.1, -0.05) is 6.07 Å². The minimum absolute atomic E-state index is 0.00238. The van der Waals surface area contributed by atoms with Gasteiger partial charge in [-0.25, -0.2) is 0 Å². The third-order valence-corrected chi connectivity index (χ3v) is 5.35. The average Bonchev–Trinajstić information content (AvgIpc) is 2.74. The molecule has 7 heteroatoms. The fraction of sp³-hybridized carbons (Fsp3) is 0.227. The second-order valence-corrected chi connectivity index (χ2v) is 6.96. The lowest BCUT2D eigenvalue weighted by atomic mass is 9.75. The Morgan fingerprint density at radius 1 is 1.34 bits per heavy atom. The smallest absolute Gasteiger partial charge is 0.161 e. The number of nitrogens with two attached hydrogens (primary N) is 1. The van der Waals surface area contributed by atoms with E-state index in [2.05, 4.69) is 11.1 Å². The Morgan fingerprint density at radius 3 is 2.86 bits per heavy atom. The van der Waals surface area contributed by atoms with Gasteiger partial charge in [-0.05, 0) is 42.7 Å². The SMILES string of the molecule is COc1cc([C@@H]2C(C#N)=C(N)N(c3cccnc3)C3=C2C(=O)CCC3)ccc1O. The monoisotopic (exact) mass is 388 g/mol. The summed E-state index contributed by atoms with van der Waals surface area (Å²) in [7, 11) is 1.45. The van der Waals surface area contributed by atoms with Gasteiger partial charge in [-0.15, -0.1) is 0 Å². The van der Waals surface area contributed by atoms with Crippen LogP contribution in [0.3, 0.4) is 0 Å². The van der Waals surface area contributed by atoms with Crippen LogP contribution in [0.25, 0.3) is 0 Å². The van der Waals surface area contributed by atoms with Gasteiger partial charge in [0.2, 0.25) is 0 Å². The van der Waals surface area contributed by atoms with E-state index in [4.69, 9.17) is 10.5 Å². The summed E-state index contributed by atoms with van der Waals surface area (Å²) in [4.78, 5) is 19.0. The molecule has 2 aromatic rings. The largest absolute Gasteiger partial charge is 0.504 e. The van der Waals surface area contributed by atoms with E-state index in [1.807, 2.05) is 6.07 Å². The van der Waals surface area contributed by atoms with E-state index >= 15 is 0 Å². The molecule has 1 aromatic heterocycles. The minimum Gasteiger partial charge on any atom is -0.504 e. The number of nitrogens with zero attached hydrogens (tertiary/aromatic N) is 3. The van der Waals surface area contributed by atoms with Crippen LogP contribution in [0.4, 0.5) is 5.69 Å². The molecule has 1 atom stereocenters. The normalized spacial score (nSPS) is 19.1. The summed E-state index contributed by atoms with van der Waals surface area (Å²) < 4.78 is 5.23. The van der Waals surface area contributed by atoms with Crippen molar-refractivity contribution < 1.29 is 14.6 Å². The van der Waals surface area contributed by atoms with Crippen molar-refractivity contribution >= 4 is 11.5 Å². The highest BCUT2D eigenvalue weighted by Gasteiger charge is 2.40. The van der Waals surface area contributed by atoms with Crippen molar-refractivity contribution in [3.05, 3.63) is 71.0 Å². The van der Waals surface area contributed by atoms with E-state index < -0.39 is 5.92 Å². The highest BCUT2D eigenvalue weighted by Crippen LogP contribution is 2.47. The summed E-state index contributed by atoms with van der Waals surface area (Å²) in [5, 5.41) is 19.9. The van der Waals surface area contributed by atoms with Gasteiger partial charge in [0.15, 0.2) is 17.3 Å². The second-order valence-electron chi connectivity index (χ2n) is 6.96. The Kier molecular flexibility index (Phi) is 4.69. The zero-order valence-electron chi connectivity index (χ0n) is 15.9. The Bertz CT molecular complexity index is 1080. The van der Waals surface area contributed by atoms with Crippen LogP contribution in [-0.4, -0.2) is 23.0 Å². The summed E-state index contributed by atoms with van der Waals surface area (Å²) in [5.41, 5.74) is 9.51. The third kappa shape index (κ3) is 2.99. The minimum atomic E-state index is -0.606. The number of Topliss-reactive ketones (excluding diaryl/α,β-unsaturated/α-hetero) is 1. The maximum Gasteiger partial charge on any atom is 0.161 e. The fourth-order valence-electron chi connectivity index (χ4n) is 4.07. The molecule has 29 heavy (non-hydrogen) atoms. The van der Waals surface area contributed by atoms with Crippen LogP contribution in [0.15, 0.2) is 65.4 Å². The summed E-state index contributed by atoms with van der Waals surface area (Å²) in [6.07, 6.45) is 5.13. The van der Waals surface area contributed by atoms with Crippen molar-refractivity contribution in [3.63, 3.8) is 0 Å². The fourth-order valence-corrected chi connectivity index (χ4v) is 4.07. The van der Waals surface area contributed by atoms with Crippen molar-refractivity contribution in [2.24, 2.45) is 5.73 Å². The van der Waals surface area contributed by atoms with Gasteiger partial charge in [0.05, 0.1) is 36.6 Å². The number of aromatic nitrogens is 1. The molecule has 0 saturated carbocycles. The number of phenols is 1. The molecule has 2 heterocycles. The van der Waals surface area contributed by atoms with Crippen LogP contribution >= 0.6 is 0 Å². The van der Waals surface area contributed by atoms with Crippen molar-refractivity contribution in [1.82, 2.24) is 4.98 Å². The number of ether oxygens (including phenoxy) is 1. The molecule has 0 fully saturated rings. The molecule has 3 N–H and O–H groups in total. The number of aromatic hydroxyl groups is 1. The first-order valence-electron chi connectivity index (χ1n) is 9.29. The van der Waals surface area contributed by atoms with Crippen molar-refractivity contribution in [3.8, 4) is 17.6 Å². The molecule has 0 saturated heterocycles. The molecular formula is C22H20N4O3. The van der Waals surface area contributed by atoms with E-state index in [1.54, 1.807) is 35.5 Å². The van der Waals surface area contributed by atoms with E-state index in [9.17, 15) is 15.2 Å². The van der Waals surface area contributed by atoms with Crippen LogP contribution < -0.4 is 15.4 Å². The number of phenolic OH excluding ortho intramolecular Hbond substituents is 1. The molecule has 0 spiro atoms. The number of carbonyl (C=O) groups excluding carboxylic acids is 1. The number of anilines is 1. The summed E-state index contributed by atoms with van der Waals surface area (Å²) >= 11 is 0. The Morgan fingerprint density at radius 2 is 2.17 bits per heavy atom. The Hall–Kier alpha value is -3.79. The molecule has 0 amide bonds. The average molecular weight is 388 g/mol. The number of rotatable bonds is 3. The number of carbonyl (C=O) groups is 1. The molecule has 146 valence electrons. The molecule has 1 aromatic carbocycles. The number of methoxy groups -OCH3 is 1. The van der Waals surface area contributed by atoms with Gasteiger partial charge < -0.3 is 15.6 Å². The molecule has 0 unspecified atom stereocenters. The van der Waals surface area contributed by atoms with Gasteiger partial charge in [0, 0.05) is 23.9 Å². The van der Waals surface area contributed by atoms with Crippen molar-refractivity contribution in [1.29, 1.82) is 5.26 Å². The Labute approximate surface area is 168 Å². The highest BCUT2D eigenvalue weighted by atomic mass is 16.5. The molecule has 0 radical (unpaired) electrons. The number of hydrogen-bond donors (Lipinski definition) is 2. The van der Waals surface area contributed by atoms with E-state index in [1.165, 1.54) is 13.2 Å². The number of benzene rings is 1. The first-order chi connectivity index (χ1) is 14.1. The number of pyridine rings is 1. The zero-order valence-corrected chi connectivity index (χ0v) is 15.9. The zero-order chi connectivity index (χ0) is 20.5. The Balaban J connectivity index is 1.97. The molecule has 2 aliphatic rings. The summed E-state index contributed by atoms with van der Waals surface area (Å²) in [6.45, 7) is 0. The van der Waals surface area contributed by atoms with Crippen LogP contribution in [0.2, 0.25) is 0 Å². The first-order valence-corrected chi connectivity index (χ1v) is 9.29. The molecule has 0 bridgehead atoms. The highest BCUT2D eigenvalue weighted by molar-refractivity contribution is 6.01. The van der Waals surface area contributed by atoms with Crippen molar-refractivity contribution in [2.45, 2.75) is 25.2 Å². The quantitative estimate of drug-likeness (QED) is 0.831.